The third-order valence-electron chi connectivity index (χ3n) is 3.16. The fourth-order valence-electron chi connectivity index (χ4n) is 1.91. The third kappa shape index (κ3) is 4.84. The van der Waals surface area contributed by atoms with Gasteiger partial charge in [-0.15, -0.1) is 11.3 Å². The van der Waals surface area contributed by atoms with Gasteiger partial charge in [-0.3, -0.25) is 4.99 Å². The van der Waals surface area contributed by atoms with Crippen molar-refractivity contribution in [3.63, 3.8) is 0 Å². The molecule has 2 rings (SSSR count). The second-order valence-electron chi connectivity index (χ2n) is 5.33. The second kappa shape index (κ2) is 7.93. The van der Waals surface area contributed by atoms with Gasteiger partial charge in [0.2, 0.25) is 0 Å². The Morgan fingerprint density at radius 3 is 2.82 bits per heavy atom. The first-order valence-corrected chi connectivity index (χ1v) is 8.27. The molecule has 120 valence electrons. The summed E-state index contributed by atoms with van der Waals surface area (Å²) in [6.07, 6.45) is 0.880. The van der Waals surface area contributed by atoms with Crippen LogP contribution in [0.4, 0.5) is 0 Å². The Hall–Kier alpha value is -1.89. The van der Waals surface area contributed by atoms with Crippen LogP contribution in [0.3, 0.4) is 0 Å². The van der Waals surface area contributed by atoms with Crippen molar-refractivity contribution in [2.45, 2.75) is 39.7 Å². The Morgan fingerprint density at radius 2 is 2.23 bits per heavy atom. The molecule has 0 aliphatic heterocycles. The SMILES string of the molecule is CN=C(NCCc1csc(C)n1)NCc1cc(C(C)C)no1. The number of guanidine groups is 1. The third-order valence-corrected chi connectivity index (χ3v) is 3.98. The van der Waals surface area contributed by atoms with E-state index >= 15 is 0 Å². The average Bonchev–Trinajstić information content (AvgIpc) is 3.11. The normalized spacial score (nSPS) is 12.0. The minimum absolute atomic E-state index is 0.372. The highest BCUT2D eigenvalue weighted by molar-refractivity contribution is 7.09. The fourth-order valence-corrected chi connectivity index (χ4v) is 2.55. The highest BCUT2D eigenvalue weighted by Gasteiger charge is 2.08. The molecule has 0 atom stereocenters. The lowest BCUT2D eigenvalue weighted by Gasteiger charge is -2.09. The Kier molecular flexibility index (Phi) is 5.94. The molecule has 0 unspecified atom stereocenters. The van der Waals surface area contributed by atoms with Gasteiger partial charge in [0.15, 0.2) is 11.7 Å². The molecule has 2 heterocycles. The summed E-state index contributed by atoms with van der Waals surface area (Å²) >= 11 is 1.68. The zero-order valence-corrected chi connectivity index (χ0v) is 14.3. The van der Waals surface area contributed by atoms with Crippen molar-refractivity contribution in [2.24, 2.45) is 4.99 Å². The molecule has 2 aromatic rings. The molecule has 0 radical (unpaired) electrons. The minimum Gasteiger partial charge on any atom is -0.359 e. The number of thiazole rings is 1. The van der Waals surface area contributed by atoms with Crippen molar-refractivity contribution in [3.05, 3.63) is 33.6 Å². The van der Waals surface area contributed by atoms with Crippen LogP contribution < -0.4 is 10.6 Å². The van der Waals surface area contributed by atoms with Gasteiger partial charge in [-0.05, 0) is 12.8 Å². The summed E-state index contributed by atoms with van der Waals surface area (Å²) in [5.41, 5.74) is 2.08. The number of aryl methyl sites for hydroxylation is 1. The molecule has 0 spiro atoms. The van der Waals surface area contributed by atoms with Crippen LogP contribution in [0, 0.1) is 6.92 Å². The summed E-state index contributed by atoms with van der Waals surface area (Å²) in [7, 11) is 1.75. The smallest absolute Gasteiger partial charge is 0.191 e. The van der Waals surface area contributed by atoms with Crippen molar-refractivity contribution in [3.8, 4) is 0 Å². The van der Waals surface area contributed by atoms with E-state index in [-0.39, 0.29) is 0 Å². The highest BCUT2D eigenvalue weighted by Crippen LogP contribution is 2.13. The van der Waals surface area contributed by atoms with Gasteiger partial charge in [-0.2, -0.15) is 0 Å². The van der Waals surface area contributed by atoms with Gasteiger partial charge in [-0.25, -0.2) is 4.98 Å². The second-order valence-corrected chi connectivity index (χ2v) is 6.40. The molecule has 2 aromatic heterocycles. The molecule has 0 aliphatic rings. The minimum atomic E-state index is 0.372. The van der Waals surface area contributed by atoms with Crippen LogP contribution in [0.25, 0.3) is 0 Å². The maximum absolute atomic E-state index is 5.29. The van der Waals surface area contributed by atoms with Gasteiger partial charge in [-0.1, -0.05) is 19.0 Å². The lowest BCUT2D eigenvalue weighted by Crippen LogP contribution is -2.37. The van der Waals surface area contributed by atoms with E-state index in [0.29, 0.717) is 12.5 Å². The Bertz CT molecular complexity index is 617. The van der Waals surface area contributed by atoms with E-state index < -0.39 is 0 Å². The standard InChI is InChI=1S/C15H23N5OS/c1-10(2)14-7-13(21-20-14)8-18-15(16-4)17-6-5-12-9-22-11(3)19-12/h7,9-10H,5-6,8H2,1-4H3,(H2,16,17,18). The summed E-state index contributed by atoms with van der Waals surface area (Å²) in [6, 6.07) is 1.98. The lowest BCUT2D eigenvalue weighted by atomic mass is 10.1. The number of nitrogens with zero attached hydrogens (tertiary/aromatic N) is 3. The summed E-state index contributed by atoms with van der Waals surface area (Å²) < 4.78 is 5.29. The van der Waals surface area contributed by atoms with Crippen molar-refractivity contribution in [1.82, 2.24) is 20.8 Å². The van der Waals surface area contributed by atoms with Crippen molar-refractivity contribution in [1.29, 1.82) is 0 Å². The molecule has 6 nitrogen and oxygen atoms in total. The van der Waals surface area contributed by atoms with E-state index in [1.54, 1.807) is 18.4 Å². The van der Waals surface area contributed by atoms with Gasteiger partial charge in [0.25, 0.3) is 0 Å². The van der Waals surface area contributed by atoms with Gasteiger partial charge in [0.05, 0.1) is 22.9 Å². The number of hydrogen-bond donors (Lipinski definition) is 2. The molecule has 0 bridgehead atoms. The van der Waals surface area contributed by atoms with Crippen molar-refractivity contribution >= 4 is 17.3 Å². The predicted molar refractivity (Wildman–Crippen MR) is 89.3 cm³/mol. The van der Waals surface area contributed by atoms with Crippen LogP contribution in [0.5, 0.6) is 0 Å². The Morgan fingerprint density at radius 1 is 1.41 bits per heavy atom. The van der Waals surface area contributed by atoms with Gasteiger partial charge in [0.1, 0.15) is 0 Å². The number of aliphatic imine (C=N–C) groups is 1. The van der Waals surface area contributed by atoms with Crippen LogP contribution in [0.2, 0.25) is 0 Å². The first kappa shape index (κ1) is 16.5. The molecule has 7 heteroatoms. The highest BCUT2D eigenvalue weighted by atomic mass is 32.1. The van der Waals surface area contributed by atoms with E-state index in [1.807, 2.05) is 13.0 Å². The Labute approximate surface area is 135 Å². The number of rotatable bonds is 6. The number of aromatic nitrogens is 2. The first-order chi connectivity index (χ1) is 10.6. The largest absolute Gasteiger partial charge is 0.359 e. The van der Waals surface area contributed by atoms with Crippen LogP contribution >= 0.6 is 11.3 Å². The van der Waals surface area contributed by atoms with Gasteiger partial charge in [0, 0.05) is 31.5 Å². The van der Waals surface area contributed by atoms with Crippen molar-refractivity contribution in [2.75, 3.05) is 13.6 Å². The van der Waals surface area contributed by atoms with E-state index in [4.69, 9.17) is 4.52 Å². The molecule has 0 amide bonds. The number of hydrogen-bond acceptors (Lipinski definition) is 5. The predicted octanol–water partition coefficient (Wildman–Crippen LogP) is 2.47. The van der Waals surface area contributed by atoms with E-state index in [1.165, 1.54) is 0 Å². The average molecular weight is 321 g/mol. The Balaban J connectivity index is 1.74. The summed E-state index contributed by atoms with van der Waals surface area (Å²) in [5, 5.41) is 13.7. The van der Waals surface area contributed by atoms with Crippen LogP contribution in [0.1, 0.15) is 41.9 Å². The quantitative estimate of drug-likeness (QED) is 0.631. The zero-order chi connectivity index (χ0) is 15.9. The van der Waals surface area contributed by atoms with E-state index in [0.717, 1.165) is 41.1 Å². The summed E-state index contributed by atoms with van der Waals surface area (Å²) in [6.45, 7) is 7.56. The summed E-state index contributed by atoms with van der Waals surface area (Å²) in [5.74, 6) is 1.92. The monoisotopic (exact) mass is 321 g/mol. The molecule has 22 heavy (non-hydrogen) atoms. The molecule has 2 N–H and O–H groups in total. The first-order valence-electron chi connectivity index (χ1n) is 7.39. The van der Waals surface area contributed by atoms with Crippen LogP contribution in [-0.2, 0) is 13.0 Å². The number of nitrogens with one attached hydrogen (secondary N) is 2. The van der Waals surface area contributed by atoms with Gasteiger partial charge >= 0.3 is 0 Å². The summed E-state index contributed by atoms with van der Waals surface area (Å²) in [4.78, 5) is 8.64. The zero-order valence-electron chi connectivity index (χ0n) is 13.5. The fraction of sp³-hybridized carbons (Fsp3) is 0.533. The molecule has 0 aliphatic carbocycles. The molecule has 0 saturated heterocycles. The maximum atomic E-state index is 5.29. The lowest BCUT2D eigenvalue weighted by molar-refractivity contribution is 0.372. The topological polar surface area (TPSA) is 75.3 Å². The van der Waals surface area contributed by atoms with Gasteiger partial charge < -0.3 is 15.2 Å². The van der Waals surface area contributed by atoms with Crippen molar-refractivity contribution < 1.29 is 4.52 Å². The van der Waals surface area contributed by atoms with Crippen LogP contribution in [0.15, 0.2) is 21.0 Å². The molecular weight excluding hydrogens is 298 g/mol. The molecule has 0 saturated carbocycles. The maximum Gasteiger partial charge on any atom is 0.191 e. The molecular formula is C15H23N5OS. The molecule has 0 aromatic carbocycles. The van der Waals surface area contributed by atoms with Crippen LogP contribution in [-0.4, -0.2) is 29.7 Å². The van der Waals surface area contributed by atoms with E-state index in [9.17, 15) is 0 Å². The van der Waals surface area contributed by atoms with E-state index in [2.05, 4.69) is 45.0 Å². The molecule has 0 fully saturated rings.